The van der Waals surface area contributed by atoms with Gasteiger partial charge in [0, 0.05) is 12.1 Å². The van der Waals surface area contributed by atoms with Crippen LogP contribution in [-0.2, 0) is 19.6 Å². The maximum atomic E-state index is 5.51. The quantitative estimate of drug-likeness (QED) is 0.144. The molecule has 0 atom stereocenters. The van der Waals surface area contributed by atoms with Gasteiger partial charge in [-0.3, -0.25) is 0 Å². The predicted octanol–water partition coefficient (Wildman–Crippen LogP) is 9.25. The van der Waals surface area contributed by atoms with Crippen molar-refractivity contribution in [3.63, 3.8) is 0 Å². The lowest BCUT2D eigenvalue weighted by Crippen LogP contribution is -2.46. The maximum Gasteiger partial charge on any atom is 0.169 e. The molecule has 0 bridgehead atoms. The minimum atomic E-state index is -1.81. The van der Waals surface area contributed by atoms with Gasteiger partial charge < -0.3 is 14.0 Å². The highest BCUT2D eigenvalue weighted by Crippen LogP contribution is 2.24. The Morgan fingerprint density at radius 1 is 0.444 bits per heavy atom. The molecule has 1 saturated carbocycles. The molecule has 4 rings (SSSR count). The summed E-state index contributed by atoms with van der Waals surface area (Å²) in [6.07, 6.45) is 2.49. The largest absolute Gasteiger partial charge is 0.320 e. The van der Waals surface area contributed by atoms with Crippen molar-refractivity contribution in [2.45, 2.75) is 97.8 Å². The molecule has 0 amide bonds. The van der Waals surface area contributed by atoms with Gasteiger partial charge in [-0.2, -0.15) is 15.3 Å². The summed E-state index contributed by atoms with van der Waals surface area (Å²) in [5.41, 5.74) is 7.28. The number of nitrogens with zero attached hydrogens (tertiary/aromatic N) is 6. The molecular formula is C36H54N6Si3. The first-order valence-electron chi connectivity index (χ1n) is 16.3. The normalized spacial score (nSPS) is 17.1. The minimum Gasteiger partial charge on any atom is -0.320 e. The molecule has 240 valence electrons. The van der Waals surface area contributed by atoms with E-state index >= 15 is 0 Å². The van der Waals surface area contributed by atoms with E-state index in [1.54, 1.807) is 0 Å². The second-order valence-electron chi connectivity index (χ2n) is 15.1. The van der Waals surface area contributed by atoms with Crippen LogP contribution < -0.4 is 0 Å². The van der Waals surface area contributed by atoms with Crippen molar-refractivity contribution in [1.82, 2.24) is 14.0 Å². The predicted molar refractivity (Wildman–Crippen MR) is 202 cm³/mol. The Kier molecular flexibility index (Phi) is 11.4. The van der Waals surface area contributed by atoms with Gasteiger partial charge in [0.05, 0.1) is 31.1 Å². The summed E-state index contributed by atoms with van der Waals surface area (Å²) in [5, 5.41) is 16.4. The molecule has 0 unspecified atom stereocenters. The van der Waals surface area contributed by atoms with Gasteiger partial charge in [-0.15, -0.1) is 0 Å². The molecule has 1 fully saturated rings. The fraction of sp³-hybridized carbons (Fsp3) is 0.417. The fourth-order valence-corrected chi connectivity index (χ4v) is 8.33. The van der Waals surface area contributed by atoms with Gasteiger partial charge in [0.2, 0.25) is 0 Å². The summed E-state index contributed by atoms with van der Waals surface area (Å²) in [4.78, 5) is 0. The molecule has 0 N–H and O–H groups in total. The SMILES string of the molecule is C[Si](C)(C)N(Cc1ccccc1)N=C1CCC(=NN(Cc2ccccc2)[Si](C)(C)C)C(=NN(Cc2ccccc2)[Si](C)(C)C)C1. The first-order chi connectivity index (χ1) is 21.2. The monoisotopic (exact) mass is 654 g/mol. The smallest absolute Gasteiger partial charge is 0.169 e. The van der Waals surface area contributed by atoms with Crippen LogP contribution in [0.25, 0.3) is 0 Å². The summed E-state index contributed by atoms with van der Waals surface area (Å²) in [7, 11) is -5.32. The Morgan fingerprint density at radius 3 is 1.13 bits per heavy atom. The zero-order valence-corrected chi connectivity index (χ0v) is 32.1. The molecular weight excluding hydrogens is 601 g/mol. The van der Waals surface area contributed by atoms with Gasteiger partial charge in [0.15, 0.2) is 24.7 Å². The Balaban J connectivity index is 1.75. The van der Waals surface area contributed by atoms with E-state index in [1.165, 1.54) is 22.4 Å². The van der Waals surface area contributed by atoms with Crippen LogP contribution in [0.4, 0.5) is 0 Å². The van der Waals surface area contributed by atoms with Gasteiger partial charge in [-0.25, -0.2) is 0 Å². The van der Waals surface area contributed by atoms with Crippen LogP contribution in [0, 0.1) is 0 Å². The molecule has 0 saturated heterocycles. The van der Waals surface area contributed by atoms with E-state index in [2.05, 4.69) is 164 Å². The second kappa shape index (κ2) is 14.9. The lowest BCUT2D eigenvalue weighted by atomic mass is 9.94. The van der Waals surface area contributed by atoms with Crippen LogP contribution in [0.15, 0.2) is 106 Å². The average Bonchev–Trinajstić information content (AvgIpc) is 2.97. The first kappa shape index (κ1) is 34.6. The number of rotatable bonds is 12. The third-order valence-electron chi connectivity index (χ3n) is 7.95. The van der Waals surface area contributed by atoms with Crippen LogP contribution in [0.1, 0.15) is 36.0 Å². The zero-order chi connectivity index (χ0) is 32.7. The van der Waals surface area contributed by atoms with E-state index < -0.39 is 24.7 Å². The molecule has 3 aromatic carbocycles. The third kappa shape index (κ3) is 10.6. The number of benzene rings is 3. The van der Waals surface area contributed by atoms with Gasteiger partial charge >= 0.3 is 0 Å². The van der Waals surface area contributed by atoms with Crippen molar-refractivity contribution in [3.8, 4) is 0 Å². The zero-order valence-electron chi connectivity index (χ0n) is 29.1. The van der Waals surface area contributed by atoms with Crippen LogP contribution in [-0.4, -0.2) is 55.9 Å². The third-order valence-corrected chi connectivity index (χ3v) is 13.4. The van der Waals surface area contributed by atoms with Crippen molar-refractivity contribution in [2.75, 3.05) is 0 Å². The number of hydrogen-bond acceptors (Lipinski definition) is 6. The maximum absolute atomic E-state index is 5.51. The lowest BCUT2D eigenvalue weighted by Gasteiger charge is -2.36. The van der Waals surface area contributed by atoms with Crippen LogP contribution in [0.3, 0.4) is 0 Å². The van der Waals surface area contributed by atoms with Crippen molar-refractivity contribution >= 4 is 41.8 Å². The molecule has 3 aromatic rings. The highest BCUT2D eigenvalue weighted by Gasteiger charge is 2.31. The van der Waals surface area contributed by atoms with E-state index in [1.807, 2.05) is 0 Å². The summed E-state index contributed by atoms with van der Waals surface area (Å²) in [6, 6.07) is 32.2. The lowest BCUT2D eigenvalue weighted by molar-refractivity contribution is 0.435. The molecule has 0 aromatic heterocycles. The Labute approximate surface area is 275 Å². The molecule has 0 spiro atoms. The molecule has 9 heteroatoms. The fourth-order valence-electron chi connectivity index (χ4n) is 5.08. The Hall–Kier alpha value is -3.28. The first-order valence-corrected chi connectivity index (χ1v) is 26.7. The van der Waals surface area contributed by atoms with Crippen LogP contribution in [0.2, 0.25) is 58.9 Å². The van der Waals surface area contributed by atoms with E-state index in [-0.39, 0.29) is 0 Å². The number of hydrazone groups is 3. The highest BCUT2D eigenvalue weighted by atomic mass is 28.3. The molecule has 45 heavy (non-hydrogen) atoms. The topological polar surface area (TPSA) is 46.8 Å². The van der Waals surface area contributed by atoms with Gasteiger partial charge in [0.1, 0.15) is 0 Å². The molecule has 0 heterocycles. The van der Waals surface area contributed by atoms with E-state index in [4.69, 9.17) is 15.3 Å². The van der Waals surface area contributed by atoms with Gasteiger partial charge in [0.25, 0.3) is 0 Å². The van der Waals surface area contributed by atoms with E-state index in [9.17, 15) is 0 Å². The summed E-state index contributed by atoms with van der Waals surface area (Å²) < 4.78 is 7.16. The standard InChI is InChI=1S/C36H54N6Si3/c1-43(2,3)40(28-31-19-13-10-14-20-31)37-34-25-26-35(38-41(44(4,5)6)29-32-21-15-11-16-22-32)36(27-34)39-42(45(7,8)9)30-33-23-17-12-18-24-33/h10-24H,25-30H2,1-9H3. The number of hydrogen-bond donors (Lipinski definition) is 0. The second-order valence-corrected chi connectivity index (χ2v) is 29.7. The van der Waals surface area contributed by atoms with Gasteiger partial charge in [-0.1, -0.05) is 150 Å². The highest BCUT2D eigenvalue weighted by molar-refractivity contribution is 6.74. The molecule has 6 nitrogen and oxygen atoms in total. The van der Waals surface area contributed by atoms with E-state index in [0.717, 1.165) is 50.3 Å². The molecule has 0 aliphatic heterocycles. The van der Waals surface area contributed by atoms with Crippen molar-refractivity contribution in [1.29, 1.82) is 0 Å². The summed E-state index contributed by atoms with van der Waals surface area (Å²) >= 11 is 0. The van der Waals surface area contributed by atoms with Crippen molar-refractivity contribution < 1.29 is 0 Å². The Morgan fingerprint density at radius 2 is 0.778 bits per heavy atom. The van der Waals surface area contributed by atoms with Crippen molar-refractivity contribution in [3.05, 3.63) is 108 Å². The van der Waals surface area contributed by atoms with Crippen LogP contribution in [0.5, 0.6) is 0 Å². The molecule has 1 aliphatic carbocycles. The molecule has 0 radical (unpaired) electrons. The summed E-state index contributed by atoms with van der Waals surface area (Å²) in [6.45, 7) is 23.9. The van der Waals surface area contributed by atoms with Crippen LogP contribution >= 0.6 is 0 Å². The van der Waals surface area contributed by atoms with Crippen molar-refractivity contribution in [2.24, 2.45) is 15.3 Å². The van der Waals surface area contributed by atoms with Gasteiger partial charge in [-0.05, 0) is 29.5 Å². The molecule has 1 aliphatic rings. The summed E-state index contributed by atoms with van der Waals surface area (Å²) in [5.74, 6) is 0. The minimum absolute atomic E-state index is 0.731. The average molecular weight is 655 g/mol. The van der Waals surface area contributed by atoms with E-state index in [0.29, 0.717) is 0 Å². The Bertz CT molecular complexity index is 1450.